The van der Waals surface area contributed by atoms with Crippen molar-refractivity contribution in [2.45, 2.75) is 207 Å². The highest BCUT2D eigenvalue weighted by Crippen LogP contribution is 2.68. The molecular formula is C52H87NO6S. The van der Waals surface area contributed by atoms with Gasteiger partial charge in [-0.1, -0.05) is 128 Å². The monoisotopic (exact) mass is 854 g/mol. The molecule has 60 heavy (non-hydrogen) atoms. The Morgan fingerprint density at radius 3 is 1.95 bits per heavy atom. The first-order valence-electron chi connectivity index (χ1n) is 24.9. The Bertz CT molecular complexity index is 1500. The van der Waals surface area contributed by atoms with Crippen molar-refractivity contribution in [1.82, 2.24) is 5.32 Å². The third-order valence-corrected chi connectivity index (χ3v) is 16.6. The van der Waals surface area contributed by atoms with Crippen molar-refractivity contribution in [3.05, 3.63) is 48.6 Å². The van der Waals surface area contributed by atoms with Gasteiger partial charge in [0.25, 0.3) is 10.1 Å². The van der Waals surface area contributed by atoms with Crippen LogP contribution in [0.3, 0.4) is 0 Å². The third-order valence-electron chi connectivity index (χ3n) is 15.9. The summed E-state index contributed by atoms with van der Waals surface area (Å²) >= 11 is 0. The Morgan fingerprint density at radius 1 is 0.717 bits per heavy atom. The summed E-state index contributed by atoms with van der Waals surface area (Å²) in [7, 11) is -4.07. The van der Waals surface area contributed by atoms with Gasteiger partial charge in [0.05, 0.1) is 5.75 Å². The van der Waals surface area contributed by atoms with E-state index in [-0.39, 0.29) is 24.5 Å². The van der Waals surface area contributed by atoms with Crippen LogP contribution in [0, 0.1) is 46.3 Å². The molecular weight excluding hydrogens is 767 g/mol. The first kappa shape index (κ1) is 50.5. The molecule has 9 unspecified atom stereocenters. The Hall–Kier alpha value is -2.19. The van der Waals surface area contributed by atoms with Gasteiger partial charge in [0.1, 0.15) is 6.10 Å². The van der Waals surface area contributed by atoms with Gasteiger partial charge < -0.3 is 10.1 Å². The van der Waals surface area contributed by atoms with Crippen molar-refractivity contribution in [2.24, 2.45) is 46.3 Å². The van der Waals surface area contributed by atoms with E-state index in [1.807, 2.05) is 0 Å². The number of hydrogen-bond donors (Lipinski definition) is 2. The van der Waals surface area contributed by atoms with Gasteiger partial charge in [0.15, 0.2) is 0 Å². The van der Waals surface area contributed by atoms with E-state index in [2.05, 4.69) is 81.6 Å². The Balaban J connectivity index is 1.01. The van der Waals surface area contributed by atoms with Crippen LogP contribution < -0.4 is 5.32 Å². The largest absolute Gasteiger partial charge is 0.462 e. The molecule has 342 valence electrons. The number of amides is 1. The number of fused-ring (bicyclic) bond motifs is 5. The van der Waals surface area contributed by atoms with Crippen molar-refractivity contribution < 1.29 is 27.3 Å². The molecule has 0 saturated heterocycles. The molecule has 7 nitrogen and oxygen atoms in total. The highest BCUT2D eigenvalue weighted by atomic mass is 32.2. The fraction of sp³-hybridized carbons (Fsp3) is 0.808. The summed E-state index contributed by atoms with van der Waals surface area (Å²) in [6.45, 7) is 9.57. The fourth-order valence-corrected chi connectivity index (χ4v) is 12.9. The second-order valence-corrected chi connectivity index (χ2v) is 21.6. The SMILES string of the molecule is CC/C=C\C/C=C\C/C=C\C/C=C\CCCCCCCCCCCCC(=O)OC1CCC2(C)C(CCC3C2CCC2(C)C(C(C)CCC(=O)NCCS(=O)(=O)O)CCC32)C1. The maximum Gasteiger partial charge on any atom is 0.306 e. The van der Waals surface area contributed by atoms with Crippen molar-refractivity contribution in [1.29, 1.82) is 0 Å². The molecule has 0 aromatic rings. The van der Waals surface area contributed by atoms with E-state index in [4.69, 9.17) is 9.29 Å². The molecule has 0 aromatic heterocycles. The van der Waals surface area contributed by atoms with Crippen molar-refractivity contribution in [3.8, 4) is 0 Å². The topological polar surface area (TPSA) is 110 Å². The average molecular weight is 854 g/mol. The second kappa shape index (κ2) is 26.4. The summed E-state index contributed by atoms with van der Waals surface area (Å²) in [6.07, 6.45) is 48.9. The molecule has 4 rings (SSSR count). The maximum absolute atomic E-state index is 12.9. The van der Waals surface area contributed by atoms with Gasteiger partial charge in [0.2, 0.25) is 5.91 Å². The highest BCUT2D eigenvalue weighted by Gasteiger charge is 2.60. The van der Waals surface area contributed by atoms with Crippen LogP contribution in [0.1, 0.15) is 201 Å². The standard InChI is InChI=1S/C52H87NO6S/c1-5-6-7-8-9-10-11-12-13-14-15-16-17-18-19-20-21-22-23-24-25-26-27-28-50(55)59-44-35-37-51(3)43(41-44)30-31-45-47-33-32-46(52(47,4)38-36-48(45)51)42(2)29-34-49(54)53-39-40-60(56,57)58/h6-7,9-10,12-13,15-16,42-48H,5,8,11,14,17-41H2,1-4H3,(H,53,54)(H,56,57,58)/b7-6-,10-9-,13-12-,16-15-. The molecule has 1 amide bonds. The minimum Gasteiger partial charge on any atom is -0.462 e. The van der Waals surface area contributed by atoms with Gasteiger partial charge in [-0.25, -0.2) is 0 Å². The molecule has 4 saturated carbocycles. The molecule has 4 fully saturated rings. The van der Waals surface area contributed by atoms with Gasteiger partial charge in [-0.2, -0.15) is 8.42 Å². The van der Waals surface area contributed by atoms with Gasteiger partial charge in [-0.3, -0.25) is 14.1 Å². The Kier molecular flexibility index (Phi) is 22.2. The number of carbonyl (C=O) groups excluding carboxylic acids is 2. The van der Waals surface area contributed by atoms with Crippen LogP contribution in [0.5, 0.6) is 0 Å². The van der Waals surface area contributed by atoms with E-state index in [1.54, 1.807) is 0 Å². The first-order chi connectivity index (χ1) is 28.9. The molecule has 0 radical (unpaired) electrons. The van der Waals surface area contributed by atoms with Gasteiger partial charge in [0, 0.05) is 19.4 Å². The van der Waals surface area contributed by atoms with Crippen LogP contribution in [0.15, 0.2) is 48.6 Å². The molecule has 4 aliphatic rings. The summed E-state index contributed by atoms with van der Waals surface area (Å²) < 4.78 is 37.1. The van der Waals surface area contributed by atoms with Crippen molar-refractivity contribution in [3.63, 3.8) is 0 Å². The smallest absolute Gasteiger partial charge is 0.306 e. The fourth-order valence-electron chi connectivity index (χ4n) is 12.6. The van der Waals surface area contributed by atoms with E-state index >= 15 is 0 Å². The Morgan fingerprint density at radius 2 is 1.30 bits per heavy atom. The van der Waals surface area contributed by atoms with Crippen LogP contribution in [0.25, 0.3) is 0 Å². The predicted molar refractivity (Wildman–Crippen MR) is 249 cm³/mol. The number of ether oxygens (including phenoxy) is 1. The lowest BCUT2D eigenvalue weighted by atomic mass is 9.44. The van der Waals surface area contributed by atoms with Crippen LogP contribution in [0.4, 0.5) is 0 Å². The molecule has 9 atom stereocenters. The minimum atomic E-state index is -4.07. The van der Waals surface area contributed by atoms with E-state index < -0.39 is 15.9 Å². The minimum absolute atomic E-state index is 0.0256. The number of nitrogens with one attached hydrogen (secondary N) is 1. The van der Waals surface area contributed by atoms with E-state index in [0.29, 0.717) is 41.4 Å². The Labute approximate surface area is 367 Å². The van der Waals surface area contributed by atoms with Gasteiger partial charge in [-0.15, -0.1) is 0 Å². The molecule has 0 aliphatic heterocycles. The molecule has 0 aromatic carbocycles. The summed E-state index contributed by atoms with van der Waals surface area (Å²) in [5, 5.41) is 2.66. The van der Waals surface area contributed by atoms with Crippen LogP contribution in [-0.4, -0.2) is 43.2 Å². The van der Waals surface area contributed by atoms with E-state index in [9.17, 15) is 18.0 Å². The van der Waals surface area contributed by atoms with E-state index in [1.165, 1.54) is 103 Å². The number of hydrogen-bond acceptors (Lipinski definition) is 5. The lowest BCUT2D eigenvalue weighted by molar-refractivity contribution is -0.162. The first-order valence-corrected chi connectivity index (χ1v) is 26.5. The highest BCUT2D eigenvalue weighted by molar-refractivity contribution is 7.85. The molecule has 0 bridgehead atoms. The summed E-state index contributed by atoms with van der Waals surface area (Å²) in [6, 6.07) is 0. The molecule has 0 spiro atoms. The zero-order chi connectivity index (χ0) is 43.3. The third kappa shape index (κ3) is 16.5. The molecule has 8 heteroatoms. The van der Waals surface area contributed by atoms with Crippen LogP contribution in [0.2, 0.25) is 0 Å². The zero-order valence-electron chi connectivity index (χ0n) is 38.6. The predicted octanol–water partition coefficient (Wildman–Crippen LogP) is 13.5. The zero-order valence-corrected chi connectivity index (χ0v) is 39.4. The number of unbranched alkanes of at least 4 members (excludes halogenated alkanes) is 10. The van der Waals surface area contributed by atoms with Gasteiger partial charge >= 0.3 is 5.97 Å². The summed E-state index contributed by atoms with van der Waals surface area (Å²) in [5.41, 5.74) is 0.660. The molecule has 0 heterocycles. The number of allylic oxidation sites excluding steroid dienone is 8. The molecule has 2 N–H and O–H groups in total. The van der Waals surface area contributed by atoms with E-state index in [0.717, 1.165) is 75.5 Å². The normalized spacial score (nSPS) is 29.9. The lowest BCUT2D eigenvalue weighted by Gasteiger charge is -2.61. The number of carbonyl (C=O) groups is 2. The quantitative estimate of drug-likeness (QED) is 0.0351. The van der Waals surface area contributed by atoms with Crippen molar-refractivity contribution >= 4 is 22.0 Å². The van der Waals surface area contributed by atoms with Gasteiger partial charge in [-0.05, 0) is 155 Å². The second-order valence-electron chi connectivity index (χ2n) is 20.0. The summed E-state index contributed by atoms with van der Waals surface area (Å²) in [5.74, 6) is 3.44. The maximum atomic E-state index is 12.9. The average Bonchev–Trinajstić information content (AvgIpc) is 3.57. The number of esters is 1. The van der Waals surface area contributed by atoms with Crippen molar-refractivity contribution in [2.75, 3.05) is 12.3 Å². The van der Waals surface area contributed by atoms with Crippen LogP contribution >= 0.6 is 0 Å². The summed E-state index contributed by atoms with van der Waals surface area (Å²) in [4.78, 5) is 25.3. The number of rotatable bonds is 28. The lowest BCUT2D eigenvalue weighted by Crippen LogP contribution is -2.54. The molecule has 4 aliphatic carbocycles. The van der Waals surface area contributed by atoms with Crippen LogP contribution in [-0.2, 0) is 24.4 Å².